The molecule has 2 aromatic carbocycles. The lowest BCUT2D eigenvalue weighted by Crippen LogP contribution is -2.28. The van der Waals surface area contributed by atoms with Crippen molar-refractivity contribution in [2.45, 2.75) is 75.4 Å². The minimum absolute atomic E-state index is 0.149. The predicted octanol–water partition coefficient (Wildman–Crippen LogP) is 6.75. The van der Waals surface area contributed by atoms with E-state index in [0.29, 0.717) is 67.7 Å². The van der Waals surface area contributed by atoms with Crippen molar-refractivity contribution in [3.05, 3.63) is 118 Å². The van der Waals surface area contributed by atoms with Crippen LogP contribution in [0.4, 0.5) is 0 Å². The van der Waals surface area contributed by atoms with E-state index in [9.17, 15) is 16.8 Å². The summed E-state index contributed by atoms with van der Waals surface area (Å²) >= 11 is 2.78. The Morgan fingerprint density at radius 2 is 0.855 bits per heavy atom. The van der Waals surface area contributed by atoms with E-state index < -0.39 is 30.2 Å². The average Bonchev–Trinajstić information content (AvgIpc) is 4.24. The van der Waals surface area contributed by atoms with Gasteiger partial charge in [-0.2, -0.15) is 0 Å². The minimum atomic E-state index is -3.77. The monoisotopic (exact) mass is 1120 g/mol. The number of aryl methyl sites for hydroxylation is 4. The molecule has 0 radical (unpaired) electrons. The normalized spacial score (nSPS) is 12.4. The Balaban J connectivity index is 0.000000221. The second-order valence-electron chi connectivity index (χ2n) is 17.3. The topological polar surface area (TPSA) is 262 Å². The van der Waals surface area contributed by atoms with Gasteiger partial charge in [-0.1, -0.05) is 12.1 Å². The number of sulfone groups is 2. The Kier molecular flexibility index (Phi) is 19.3. The summed E-state index contributed by atoms with van der Waals surface area (Å²) < 4.78 is 91.7. The molecule has 6 aromatic heterocycles. The molecule has 0 aliphatic rings. The van der Waals surface area contributed by atoms with Gasteiger partial charge < -0.3 is 28.4 Å². The molecule has 0 saturated carbocycles. The molecule has 76 heavy (non-hydrogen) atoms. The lowest BCUT2D eigenvalue weighted by atomic mass is 10.2. The van der Waals surface area contributed by atoms with Crippen molar-refractivity contribution in [2.75, 3.05) is 55.9 Å². The summed E-state index contributed by atoms with van der Waals surface area (Å²) in [6, 6.07) is 10.6. The predicted molar refractivity (Wildman–Crippen MR) is 287 cm³/mol. The molecule has 0 aliphatic heterocycles. The van der Waals surface area contributed by atoms with Crippen LogP contribution in [0, 0.1) is 27.7 Å². The summed E-state index contributed by atoms with van der Waals surface area (Å²) in [4.78, 5) is 26.4. The van der Waals surface area contributed by atoms with Crippen LogP contribution in [0.15, 0.2) is 71.9 Å². The highest BCUT2D eigenvalue weighted by Gasteiger charge is 2.34. The first kappa shape index (κ1) is 56.9. The summed E-state index contributed by atoms with van der Waals surface area (Å²) in [6.45, 7) is 8.05. The van der Waals surface area contributed by atoms with Crippen LogP contribution in [0.25, 0.3) is 33.0 Å². The molecule has 8 rings (SSSR count). The maximum Gasteiger partial charge on any atom is 0.197 e. The van der Waals surface area contributed by atoms with Gasteiger partial charge >= 0.3 is 0 Å². The van der Waals surface area contributed by atoms with Crippen LogP contribution in [0.5, 0.6) is 23.0 Å². The van der Waals surface area contributed by atoms with E-state index in [0.717, 1.165) is 22.5 Å². The van der Waals surface area contributed by atoms with Gasteiger partial charge in [0.1, 0.15) is 57.5 Å². The molecular formula is C50H60N12O10S4. The van der Waals surface area contributed by atoms with Gasteiger partial charge in [-0.3, -0.25) is 9.13 Å². The zero-order valence-electron chi connectivity index (χ0n) is 43.8. The number of methoxy groups -OCH3 is 6. The second-order valence-corrected chi connectivity index (χ2v) is 23.6. The maximum absolute atomic E-state index is 13.9. The molecule has 0 bridgehead atoms. The number of benzene rings is 2. The van der Waals surface area contributed by atoms with Crippen molar-refractivity contribution in [3.8, 4) is 56.0 Å². The van der Waals surface area contributed by atoms with Gasteiger partial charge in [-0.15, -0.1) is 43.1 Å². The third kappa shape index (κ3) is 13.6. The summed E-state index contributed by atoms with van der Waals surface area (Å²) in [5.74, 6) is 3.24. The molecule has 0 spiro atoms. The van der Waals surface area contributed by atoms with Gasteiger partial charge in [0.2, 0.25) is 0 Å². The molecule has 26 heteroatoms. The van der Waals surface area contributed by atoms with Crippen LogP contribution in [0.1, 0.15) is 58.7 Å². The van der Waals surface area contributed by atoms with E-state index >= 15 is 0 Å². The van der Waals surface area contributed by atoms with Crippen LogP contribution in [-0.2, 0) is 53.5 Å². The highest BCUT2D eigenvalue weighted by molar-refractivity contribution is 7.91. The van der Waals surface area contributed by atoms with Crippen molar-refractivity contribution in [1.29, 1.82) is 0 Å². The van der Waals surface area contributed by atoms with Gasteiger partial charge in [-0.05, 0) is 75.9 Å². The van der Waals surface area contributed by atoms with Crippen LogP contribution in [0.3, 0.4) is 0 Å². The average molecular weight is 1120 g/mol. The SMILES string of the molecule is COCC[C@@H](Cc1ncc(C)cn1)S(=O)(=O)Cc1nnc(-c2nc(C)cs2)n1-c1c(OC)cccc1OC.COCC[C@H](Cc1ncc(C)cn1)S(=O)(=O)Cc1nnc(-c2nc(C)cs2)n1-c1c(OC)cccc1OC. The molecule has 22 nitrogen and oxygen atoms in total. The summed E-state index contributed by atoms with van der Waals surface area (Å²) in [5, 5.41) is 20.8. The molecule has 6 heterocycles. The largest absolute Gasteiger partial charge is 0.494 e. The van der Waals surface area contributed by atoms with Gasteiger partial charge in [0, 0.05) is 87.2 Å². The number of hydrogen-bond donors (Lipinski definition) is 0. The maximum atomic E-state index is 13.9. The summed E-state index contributed by atoms with van der Waals surface area (Å²) in [5.41, 5.74) is 4.41. The molecule has 2 atom stereocenters. The van der Waals surface area contributed by atoms with Crippen LogP contribution >= 0.6 is 22.7 Å². The zero-order valence-corrected chi connectivity index (χ0v) is 47.1. The van der Waals surface area contributed by atoms with Crippen molar-refractivity contribution in [2.24, 2.45) is 0 Å². The molecule has 0 aliphatic carbocycles. The smallest absolute Gasteiger partial charge is 0.197 e. The molecule has 0 fully saturated rings. The molecule has 0 N–H and O–H groups in total. The third-order valence-electron chi connectivity index (χ3n) is 11.8. The Hall–Kier alpha value is -6.84. The van der Waals surface area contributed by atoms with Gasteiger partial charge in [-0.25, -0.2) is 46.7 Å². The minimum Gasteiger partial charge on any atom is -0.494 e. The fourth-order valence-electron chi connectivity index (χ4n) is 7.95. The Labute approximate surface area is 449 Å². The Morgan fingerprint density at radius 1 is 0.513 bits per heavy atom. The Morgan fingerprint density at radius 3 is 1.14 bits per heavy atom. The summed E-state index contributed by atoms with van der Waals surface area (Å²) in [6.07, 6.45) is 7.56. The quantitative estimate of drug-likeness (QED) is 0.0605. The number of thiazole rings is 2. The molecular weight excluding hydrogens is 1060 g/mol. The molecule has 8 aromatic rings. The first-order valence-electron chi connectivity index (χ1n) is 23.7. The molecule has 0 unspecified atom stereocenters. The van der Waals surface area contributed by atoms with Gasteiger partial charge in [0.15, 0.2) is 53.0 Å². The zero-order chi connectivity index (χ0) is 54.6. The Bertz CT molecular complexity index is 3150. The van der Waals surface area contributed by atoms with E-state index in [1.54, 1.807) is 84.5 Å². The second kappa shape index (κ2) is 25.8. The van der Waals surface area contributed by atoms with Crippen LogP contribution in [-0.4, -0.2) is 143 Å². The van der Waals surface area contributed by atoms with E-state index in [1.807, 2.05) is 38.5 Å². The molecule has 0 amide bonds. The lowest BCUT2D eigenvalue weighted by Gasteiger charge is -2.19. The van der Waals surface area contributed by atoms with Crippen molar-refractivity contribution in [3.63, 3.8) is 0 Å². The standard InChI is InChI=1S/2C25H30N6O5S2/c2*1-16-12-26-21(27-13-16)11-18(9-10-34-3)38(32,33)15-22-29-30-24(25-28-17(2)14-37-25)31(22)23-19(35-4)7-6-8-20(23)36-5/h2*6-8,12-14,18H,9-11,15H2,1-5H3/t2*18-/m10/s1. The van der Waals surface area contributed by atoms with E-state index in [-0.39, 0.29) is 62.1 Å². The lowest BCUT2D eigenvalue weighted by molar-refractivity contribution is 0.193. The fraction of sp³-hybridized carbons (Fsp3) is 0.400. The number of hydrogen-bond acceptors (Lipinski definition) is 22. The summed E-state index contributed by atoms with van der Waals surface area (Å²) in [7, 11) is 1.68. The number of ether oxygens (including phenoxy) is 6. The number of para-hydroxylation sites is 2. The third-order valence-corrected chi connectivity index (χ3v) is 17.9. The number of rotatable bonds is 24. The van der Waals surface area contributed by atoms with Crippen LogP contribution in [0.2, 0.25) is 0 Å². The number of aromatic nitrogens is 12. The first-order valence-corrected chi connectivity index (χ1v) is 28.9. The highest BCUT2D eigenvalue weighted by atomic mass is 32.2. The van der Waals surface area contributed by atoms with Gasteiger partial charge in [0.25, 0.3) is 0 Å². The van der Waals surface area contributed by atoms with Crippen molar-refractivity contribution < 1.29 is 45.3 Å². The number of nitrogens with zero attached hydrogens (tertiary/aromatic N) is 12. The molecule has 0 saturated heterocycles. The first-order chi connectivity index (χ1) is 36.5. The van der Waals surface area contributed by atoms with Crippen molar-refractivity contribution in [1.82, 2.24) is 59.4 Å². The van der Waals surface area contributed by atoms with E-state index in [4.69, 9.17) is 28.4 Å². The fourth-order valence-corrected chi connectivity index (χ4v) is 12.8. The molecule has 404 valence electrons. The van der Waals surface area contributed by atoms with Crippen molar-refractivity contribution >= 4 is 42.3 Å². The van der Waals surface area contributed by atoms with Crippen LogP contribution < -0.4 is 18.9 Å². The van der Waals surface area contributed by atoms with E-state index in [1.165, 1.54) is 51.1 Å². The van der Waals surface area contributed by atoms with E-state index in [2.05, 4.69) is 50.3 Å². The highest BCUT2D eigenvalue weighted by Crippen LogP contribution is 2.39. The van der Waals surface area contributed by atoms with Gasteiger partial charge in [0.05, 0.1) is 38.9 Å².